The van der Waals surface area contributed by atoms with Crippen LogP contribution in [0.3, 0.4) is 0 Å². The Balaban J connectivity index is 2.03. The van der Waals surface area contributed by atoms with Crippen LogP contribution < -0.4 is 5.32 Å². The van der Waals surface area contributed by atoms with Crippen LogP contribution in [0.5, 0.6) is 0 Å². The van der Waals surface area contributed by atoms with E-state index in [1.807, 2.05) is 19.1 Å². The maximum Gasteiger partial charge on any atom is 0.179 e. The Kier molecular flexibility index (Phi) is 4.31. The first-order valence-corrected chi connectivity index (χ1v) is 6.95. The fourth-order valence-corrected chi connectivity index (χ4v) is 2.96. The van der Waals surface area contributed by atoms with Crippen LogP contribution in [-0.2, 0) is 4.74 Å². The lowest BCUT2D eigenvalue weighted by molar-refractivity contribution is 0.0895. The number of ketones is 1. The van der Waals surface area contributed by atoms with Crippen molar-refractivity contribution >= 4 is 17.1 Å². The van der Waals surface area contributed by atoms with Gasteiger partial charge in [-0.05, 0) is 32.0 Å². The molecule has 94 valence electrons. The first kappa shape index (κ1) is 12.7. The van der Waals surface area contributed by atoms with E-state index in [4.69, 9.17) is 4.74 Å². The first-order chi connectivity index (χ1) is 8.22. The van der Waals surface area contributed by atoms with E-state index in [1.54, 1.807) is 11.3 Å². The molecule has 0 aliphatic carbocycles. The van der Waals surface area contributed by atoms with Crippen LogP contribution >= 0.6 is 11.3 Å². The van der Waals surface area contributed by atoms with E-state index < -0.39 is 0 Å². The fourth-order valence-electron chi connectivity index (χ4n) is 2.09. The highest BCUT2D eigenvalue weighted by molar-refractivity contribution is 7.14. The average Bonchev–Trinajstić information content (AvgIpc) is 2.94. The quantitative estimate of drug-likeness (QED) is 0.818. The summed E-state index contributed by atoms with van der Waals surface area (Å²) in [6, 6.07) is 4.12. The molecule has 0 bridgehead atoms. The number of nitrogens with one attached hydrogen (secondary N) is 1. The smallest absolute Gasteiger partial charge is 0.179 e. The van der Waals surface area contributed by atoms with E-state index >= 15 is 0 Å². The van der Waals surface area contributed by atoms with Crippen LogP contribution in [0.2, 0.25) is 0 Å². The molecule has 1 fully saturated rings. The first-order valence-electron chi connectivity index (χ1n) is 6.14. The minimum Gasteiger partial charge on any atom is -0.379 e. The summed E-state index contributed by atoms with van der Waals surface area (Å²) < 4.78 is 5.44. The Morgan fingerprint density at radius 3 is 3.00 bits per heavy atom. The summed E-state index contributed by atoms with van der Waals surface area (Å²) >= 11 is 1.58. The molecule has 2 unspecified atom stereocenters. The zero-order valence-electron chi connectivity index (χ0n) is 10.4. The molecule has 2 heterocycles. The molecule has 1 aliphatic heterocycles. The topological polar surface area (TPSA) is 38.3 Å². The van der Waals surface area contributed by atoms with Crippen LogP contribution in [0.4, 0.5) is 0 Å². The van der Waals surface area contributed by atoms with Crippen molar-refractivity contribution in [3.05, 3.63) is 21.9 Å². The third kappa shape index (κ3) is 2.94. The van der Waals surface area contributed by atoms with Gasteiger partial charge in [-0.25, -0.2) is 0 Å². The van der Waals surface area contributed by atoms with Crippen molar-refractivity contribution in [2.75, 3.05) is 19.8 Å². The van der Waals surface area contributed by atoms with E-state index in [-0.39, 0.29) is 17.7 Å². The van der Waals surface area contributed by atoms with E-state index in [2.05, 4.69) is 12.2 Å². The predicted octanol–water partition coefficient (Wildman–Crippen LogP) is 2.25. The summed E-state index contributed by atoms with van der Waals surface area (Å²) in [5.74, 6) is 0.216. The van der Waals surface area contributed by atoms with Crippen LogP contribution in [0, 0.1) is 12.8 Å². The molecule has 2 atom stereocenters. The molecule has 3 nitrogen and oxygen atoms in total. The average molecular weight is 253 g/mol. The third-order valence-electron chi connectivity index (χ3n) is 3.06. The number of aryl methyl sites for hydroxylation is 1. The monoisotopic (exact) mass is 253 g/mol. The van der Waals surface area contributed by atoms with Gasteiger partial charge < -0.3 is 10.1 Å². The molecular weight excluding hydrogens is 234 g/mol. The highest BCUT2D eigenvalue weighted by Crippen LogP contribution is 2.24. The molecule has 2 rings (SSSR count). The number of carbonyl (C=O) groups excluding carboxylic acids is 1. The lowest BCUT2D eigenvalue weighted by Crippen LogP contribution is -2.39. The molecule has 0 spiro atoms. The zero-order valence-corrected chi connectivity index (χ0v) is 11.2. The van der Waals surface area contributed by atoms with Crippen LogP contribution in [0.25, 0.3) is 0 Å². The van der Waals surface area contributed by atoms with Gasteiger partial charge in [0.1, 0.15) is 0 Å². The van der Waals surface area contributed by atoms with Crippen molar-refractivity contribution in [2.24, 2.45) is 5.92 Å². The van der Waals surface area contributed by atoms with Crippen molar-refractivity contribution in [2.45, 2.75) is 26.3 Å². The van der Waals surface area contributed by atoms with Gasteiger partial charge in [-0.15, -0.1) is 11.3 Å². The minimum atomic E-state index is -0.0143. The molecule has 1 aromatic heterocycles. The Morgan fingerprint density at radius 2 is 2.35 bits per heavy atom. The Bertz CT molecular complexity index is 389. The summed E-state index contributed by atoms with van der Waals surface area (Å²) in [5, 5.41) is 3.40. The minimum absolute atomic E-state index is 0.0143. The largest absolute Gasteiger partial charge is 0.379 e. The van der Waals surface area contributed by atoms with E-state index in [0.29, 0.717) is 13.2 Å². The van der Waals surface area contributed by atoms with Crippen molar-refractivity contribution in [3.8, 4) is 0 Å². The van der Waals surface area contributed by atoms with Gasteiger partial charge in [-0.1, -0.05) is 6.92 Å². The number of Topliss-reactive ketones (excluding diaryl/α,β-unsaturated/α-hetero) is 1. The number of hydrogen-bond donors (Lipinski definition) is 1. The van der Waals surface area contributed by atoms with Crippen molar-refractivity contribution in [3.63, 3.8) is 0 Å². The van der Waals surface area contributed by atoms with Gasteiger partial charge in [0.05, 0.1) is 24.0 Å². The highest BCUT2D eigenvalue weighted by atomic mass is 32.1. The number of hydrogen-bond acceptors (Lipinski definition) is 4. The SMILES string of the molecule is CCCNC1COCC1C(=O)c1ccc(C)s1. The predicted molar refractivity (Wildman–Crippen MR) is 69.8 cm³/mol. The molecule has 1 N–H and O–H groups in total. The van der Waals surface area contributed by atoms with Crippen LogP contribution in [-0.4, -0.2) is 31.6 Å². The summed E-state index contributed by atoms with van der Waals surface area (Å²) in [6.07, 6.45) is 1.08. The van der Waals surface area contributed by atoms with Gasteiger partial charge >= 0.3 is 0 Å². The maximum atomic E-state index is 12.3. The summed E-state index contributed by atoms with van der Waals surface area (Å²) in [5.41, 5.74) is 0. The number of thiophene rings is 1. The van der Waals surface area contributed by atoms with Gasteiger partial charge in [0.2, 0.25) is 0 Å². The molecular formula is C13H19NO2S. The zero-order chi connectivity index (χ0) is 12.3. The van der Waals surface area contributed by atoms with Gasteiger partial charge in [0, 0.05) is 10.9 Å². The molecule has 0 saturated carbocycles. The number of rotatable bonds is 5. The summed E-state index contributed by atoms with van der Waals surface area (Å²) in [7, 11) is 0. The summed E-state index contributed by atoms with van der Waals surface area (Å²) in [6.45, 7) is 6.31. The van der Waals surface area contributed by atoms with Gasteiger partial charge in [-0.2, -0.15) is 0 Å². The lowest BCUT2D eigenvalue weighted by Gasteiger charge is -2.16. The van der Waals surface area contributed by atoms with Crippen molar-refractivity contribution in [1.82, 2.24) is 5.32 Å². The molecule has 0 aromatic carbocycles. The van der Waals surface area contributed by atoms with E-state index in [1.165, 1.54) is 4.88 Å². The highest BCUT2D eigenvalue weighted by Gasteiger charge is 2.34. The Labute approximate surface area is 106 Å². The second kappa shape index (κ2) is 5.76. The fraction of sp³-hybridized carbons (Fsp3) is 0.615. The Hall–Kier alpha value is -0.710. The van der Waals surface area contributed by atoms with Crippen molar-refractivity contribution in [1.29, 1.82) is 0 Å². The molecule has 1 aromatic rings. The van der Waals surface area contributed by atoms with E-state index in [9.17, 15) is 4.79 Å². The van der Waals surface area contributed by atoms with Gasteiger partial charge in [0.15, 0.2) is 5.78 Å². The second-order valence-electron chi connectivity index (χ2n) is 4.48. The van der Waals surface area contributed by atoms with Crippen LogP contribution in [0.1, 0.15) is 27.9 Å². The normalized spacial score (nSPS) is 24.1. The summed E-state index contributed by atoms with van der Waals surface area (Å²) in [4.78, 5) is 14.4. The van der Waals surface area contributed by atoms with Crippen LogP contribution in [0.15, 0.2) is 12.1 Å². The van der Waals surface area contributed by atoms with E-state index in [0.717, 1.165) is 17.8 Å². The third-order valence-corrected chi connectivity index (χ3v) is 4.07. The number of carbonyl (C=O) groups is 1. The number of ether oxygens (including phenoxy) is 1. The lowest BCUT2D eigenvalue weighted by atomic mass is 9.97. The Morgan fingerprint density at radius 1 is 1.53 bits per heavy atom. The molecule has 1 aliphatic rings. The maximum absolute atomic E-state index is 12.3. The molecule has 17 heavy (non-hydrogen) atoms. The molecule has 0 radical (unpaired) electrons. The molecule has 4 heteroatoms. The second-order valence-corrected chi connectivity index (χ2v) is 5.77. The molecule has 0 amide bonds. The van der Waals surface area contributed by atoms with Gasteiger partial charge in [0.25, 0.3) is 0 Å². The van der Waals surface area contributed by atoms with Gasteiger partial charge in [-0.3, -0.25) is 4.79 Å². The molecule has 1 saturated heterocycles. The standard InChI is InChI=1S/C13H19NO2S/c1-3-6-14-11-8-16-7-10(11)13(15)12-5-4-9(2)17-12/h4-5,10-11,14H,3,6-8H2,1-2H3. The van der Waals surface area contributed by atoms with Crippen molar-refractivity contribution < 1.29 is 9.53 Å².